The van der Waals surface area contributed by atoms with Crippen LogP contribution in [0.4, 0.5) is 5.82 Å². The van der Waals surface area contributed by atoms with Gasteiger partial charge >= 0.3 is 0 Å². The van der Waals surface area contributed by atoms with E-state index in [4.69, 9.17) is 5.73 Å². The third-order valence-corrected chi connectivity index (χ3v) is 2.13. The van der Waals surface area contributed by atoms with Gasteiger partial charge in [-0.15, -0.1) is 0 Å². The number of benzene rings is 1. The van der Waals surface area contributed by atoms with E-state index >= 15 is 0 Å². The second-order valence-corrected chi connectivity index (χ2v) is 3.15. The molecular formula is C12H12N2. The van der Waals surface area contributed by atoms with Gasteiger partial charge in [0.2, 0.25) is 0 Å². The molecule has 2 rings (SSSR count). The van der Waals surface area contributed by atoms with E-state index in [1.807, 2.05) is 37.3 Å². The number of anilines is 1. The summed E-state index contributed by atoms with van der Waals surface area (Å²) in [6.07, 6.45) is 4.09. The molecule has 0 aliphatic heterocycles. The minimum Gasteiger partial charge on any atom is -0.384 e. The van der Waals surface area contributed by atoms with Gasteiger partial charge in [-0.3, -0.25) is 0 Å². The lowest BCUT2D eigenvalue weighted by molar-refractivity contribution is 1.41. The Balaban J connectivity index is 2.74. The Hall–Kier alpha value is -1.83. The molecule has 0 aliphatic rings. The molecule has 70 valence electrons. The molecule has 0 aliphatic carbocycles. The van der Waals surface area contributed by atoms with Gasteiger partial charge in [-0.25, -0.2) is 4.98 Å². The van der Waals surface area contributed by atoms with E-state index in [1.54, 1.807) is 0 Å². The molecule has 1 heterocycles. The fourth-order valence-electron chi connectivity index (χ4n) is 1.52. The maximum absolute atomic E-state index is 5.62. The molecule has 2 aromatic rings. The lowest BCUT2D eigenvalue weighted by Crippen LogP contribution is -1.90. The summed E-state index contributed by atoms with van der Waals surface area (Å²) in [6.45, 7) is 2.00. The molecule has 0 radical (unpaired) electrons. The van der Waals surface area contributed by atoms with Gasteiger partial charge < -0.3 is 5.73 Å². The number of nitrogens with zero attached hydrogens (tertiary/aromatic N) is 1. The first-order chi connectivity index (χ1) is 6.81. The molecule has 1 aromatic heterocycles. The smallest absolute Gasteiger partial charge is 0.124 e. The molecular weight excluding hydrogens is 172 g/mol. The van der Waals surface area contributed by atoms with Crippen LogP contribution in [0.1, 0.15) is 12.5 Å². The zero-order valence-corrected chi connectivity index (χ0v) is 8.07. The number of hydrogen-bond acceptors (Lipinski definition) is 2. The van der Waals surface area contributed by atoms with E-state index in [-0.39, 0.29) is 0 Å². The Labute approximate surface area is 83.1 Å². The van der Waals surface area contributed by atoms with Gasteiger partial charge in [-0.1, -0.05) is 24.3 Å². The van der Waals surface area contributed by atoms with Gasteiger partial charge in [0, 0.05) is 5.39 Å². The molecule has 2 heteroatoms. The lowest BCUT2D eigenvalue weighted by Gasteiger charge is -2.01. The zero-order valence-electron chi connectivity index (χ0n) is 8.07. The third kappa shape index (κ3) is 1.46. The van der Waals surface area contributed by atoms with E-state index in [2.05, 4.69) is 17.1 Å². The Morgan fingerprint density at radius 3 is 2.86 bits per heavy atom. The fourth-order valence-corrected chi connectivity index (χ4v) is 1.52. The summed E-state index contributed by atoms with van der Waals surface area (Å²) < 4.78 is 0. The number of nitrogens with two attached hydrogens (primary N) is 1. The number of rotatable bonds is 1. The Morgan fingerprint density at radius 1 is 1.21 bits per heavy atom. The largest absolute Gasteiger partial charge is 0.384 e. The van der Waals surface area contributed by atoms with Crippen molar-refractivity contribution in [1.29, 1.82) is 0 Å². The average Bonchev–Trinajstić information content (AvgIpc) is 2.18. The molecule has 0 atom stereocenters. The Bertz CT molecular complexity index is 487. The van der Waals surface area contributed by atoms with Crippen molar-refractivity contribution in [3.05, 3.63) is 42.0 Å². The van der Waals surface area contributed by atoms with Crippen LogP contribution in [0.3, 0.4) is 0 Å². The molecule has 2 N–H and O–H groups in total. The van der Waals surface area contributed by atoms with Crippen molar-refractivity contribution < 1.29 is 0 Å². The van der Waals surface area contributed by atoms with Crippen molar-refractivity contribution in [1.82, 2.24) is 4.98 Å². The standard InChI is InChI=1S/C12H12N2/c1-2-4-9-5-3-6-11-10(9)7-8-12(13)14-11/h2-8H,1H3,(H2,13,14)/b4-2+. The van der Waals surface area contributed by atoms with Crippen molar-refractivity contribution in [2.24, 2.45) is 0 Å². The number of hydrogen-bond donors (Lipinski definition) is 1. The van der Waals surface area contributed by atoms with Gasteiger partial charge in [0.05, 0.1) is 5.52 Å². The monoisotopic (exact) mass is 184 g/mol. The highest BCUT2D eigenvalue weighted by atomic mass is 14.8. The summed E-state index contributed by atoms with van der Waals surface area (Å²) in [6, 6.07) is 9.87. The second kappa shape index (κ2) is 3.50. The number of aromatic nitrogens is 1. The van der Waals surface area contributed by atoms with Crippen molar-refractivity contribution in [3.8, 4) is 0 Å². The first-order valence-electron chi connectivity index (χ1n) is 4.59. The molecule has 0 unspecified atom stereocenters. The molecule has 0 spiro atoms. The maximum atomic E-state index is 5.62. The Morgan fingerprint density at radius 2 is 2.07 bits per heavy atom. The van der Waals surface area contributed by atoms with Crippen LogP contribution >= 0.6 is 0 Å². The lowest BCUT2D eigenvalue weighted by atomic mass is 10.1. The SMILES string of the molecule is C/C=C/c1cccc2nc(N)ccc12. The minimum absolute atomic E-state index is 0.565. The fraction of sp³-hybridized carbons (Fsp3) is 0.0833. The average molecular weight is 184 g/mol. The summed E-state index contributed by atoms with van der Waals surface area (Å²) >= 11 is 0. The van der Waals surface area contributed by atoms with Crippen molar-refractivity contribution in [2.45, 2.75) is 6.92 Å². The highest BCUT2D eigenvalue weighted by Gasteiger charge is 1.98. The molecule has 0 saturated carbocycles. The third-order valence-electron chi connectivity index (χ3n) is 2.13. The molecule has 0 fully saturated rings. The van der Waals surface area contributed by atoms with Gasteiger partial charge in [0.25, 0.3) is 0 Å². The molecule has 2 nitrogen and oxygen atoms in total. The van der Waals surface area contributed by atoms with Crippen molar-refractivity contribution in [2.75, 3.05) is 5.73 Å². The van der Waals surface area contributed by atoms with Crippen LogP contribution in [0.15, 0.2) is 36.4 Å². The van der Waals surface area contributed by atoms with Crippen LogP contribution in [0.25, 0.3) is 17.0 Å². The van der Waals surface area contributed by atoms with E-state index in [1.165, 1.54) is 5.56 Å². The minimum atomic E-state index is 0.565. The van der Waals surface area contributed by atoms with E-state index in [0.717, 1.165) is 10.9 Å². The second-order valence-electron chi connectivity index (χ2n) is 3.15. The van der Waals surface area contributed by atoms with E-state index in [0.29, 0.717) is 5.82 Å². The summed E-state index contributed by atoms with van der Waals surface area (Å²) in [7, 11) is 0. The maximum Gasteiger partial charge on any atom is 0.124 e. The molecule has 0 saturated heterocycles. The summed E-state index contributed by atoms with van der Waals surface area (Å²) in [4.78, 5) is 4.26. The zero-order chi connectivity index (χ0) is 9.97. The van der Waals surface area contributed by atoms with E-state index < -0.39 is 0 Å². The first kappa shape index (κ1) is 8.75. The molecule has 1 aromatic carbocycles. The number of allylic oxidation sites excluding steroid dienone is 1. The van der Waals surface area contributed by atoms with Gasteiger partial charge in [0.15, 0.2) is 0 Å². The van der Waals surface area contributed by atoms with Gasteiger partial charge in [-0.05, 0) is 30.7 Å². The number of fused-ring (bicyclic) bond motifs is 1. The first-order valence-corrected chi connectivity index (χ1v) is 4.59. The molecule has 0 amide bonds. The van der Waals surface area contributed by atoms with Crippen LogP contribution in [-0.2, 0) is 0 Å². The molecule has 0 bridgehead atoms. The predicted molar refractivity (Wildman–Crippen MR) is 60.9 cm³/mol. The normalized spacial score (nSPS) is 11.2. The predicted octanol–water partition coefficient (Wildman–Crippen LogP) is 2.85. The quantitative estimate of drug-likeness (QED) is 0.740. The summed E-state index contributed by atoms with van der Waals surface area (Å²) in [5, 5.41) is 1.14. The number of nitrogen functional groups attached to an aromatic ring is 1. The highest BCUT2D eigenvalue weighted by molar-refractivity contribution is 5.88. The highest BCUT2D eigenvalue weighted by Crippen LogP contribution is 2.19. The van der Waals surface area contributed by atoms with Gasteiger partial charge in [0.1, 0.15) is 5.82 Å². The summed E-state index contributed by atoms with van der Waals surface area (Å²) in [5.74, 6) is 0.565. The molecule has 14 heavy (non-hydrogen) atoms. The van der Waals surface area contributed by atoms with Crippen LogP contribution in [0.2, 0.25) is 0 Å². The topological polar surface area (TPSA) is 38.9 Å². The summed E-state index contributed by atoms with van der Waals surface area (Å²) in [5.41, 5.74) is 7.74. The van der Waals surface area contributed by atoms with E-state index in [9.17, 15) is 0 Å². The van der Waals surface area contributed by atoms with Crippen molar-refractivity contribution >= 4 is 22.8 Å². The van der Waals surface area contributed by atoms with Crippen LogP contribution in [0, 0.1) is 0 Å². The van der Waals surface area contributed by atoms with Crippen LogP contribution < -0.4 is 5.73 Å². The van der Waals surface area contributed by atoms with Crippen LogP contribution in [-0.4, -0.2) is 4.98 Å². The Kier molecular flexibility index (Phi) is 2.19. The number of pyridine rings is 1. The van der Waals surface area contributed by atoms with Crippen molar-refractivity contribution in [3.63, 3.8) is 0 Å². The van der Waals surface area contributed by atoms with Gasteiger partial charge in [-0.2, -0.15) is 0 Å². The van der Waals surface area contributed by atoms with Crippen LogP contribution in [0.5, 0.6) is 0 Å².